The van der Waals surface area contributed by atoms with Crippen LogP contribution in [0.15, 0.2) is 18.2 Å². The Morgan fingerprint density at radius 3 is 2.86 bits per heavy atom. The summed E-state index contributed by atoms with van der Waals surface area (Å²) in [4.78, 5) is 15.7. The maximum Gasteiger partial charge on any atom is 0.335 e. The van der Waals surface area contributed by atoms with Crippen LogP contribution in [0.25, 0.3) is 11.0 Å². The number of benzene rings is 1. The van der Waals surface area contributed by atoms with Gasteiger partial charge in [-0.15, -0.1) is 0 Å². The van der Waals surface area contributed by atoms with Crippen LogP contribution in [-0.4, -0.2) is 34.3 Å². The number of ether oxygens (including phenoxy) is 1. The molecule has 0 aliphatic heterocycles. The molecule has 1 unspecified atom stereocenters. The van der Waals surface area contributed by atoms with E-state index in [4.69, 9.17) is 9.84 Å². The molecule has 114 valence electrons. The number of imidazole rings is 1. The predicted octanol–water partition coefficient (Wildman–Crippen LogP) is 2.97. The first kappa shape index (κ1) is 15.5. The van der Waals surface area contributed by atoms with Gasteiger partial charge in [0.25, 0.3) is 0 Å². The minimum atomic E-state index is -0.920. The van der Waals surface area contributed by atoms with E-state index in [0.29, 0.717) is 12.5 Å². The van der Waals surface area contributed by atoms with Crippen LogP contribution in [-0.2, 0) is 17.7 Å². The number of methoxy groups -OCH3 is 1. The standard InChI is InChI=1S/C16H22N2O3/c1-4-5-15-17-13-8-12(16(19)20)6-7-14(13)18(15)9-11(2)10-21-3/h6-8,11H,4-5,9-10H2,1-3H3,(H,19,20). The maximum atomic E-state index is 11.1. The van der Waals surface area contributed by atoms with E-state index in [9.17, 15) is 4.79 Å². The minimum Gasteiger partial charge on any atom is -0.478 e. The van der Waals surface area contributed by atoms with Gasteiger partial charge in [-0.2, -0.15) is 0 Å². The van der Waals surface area contributed by atoms with E-state index >= 15 is 0 Å². The lowest BCUT2D eigenvalue weighted by molar-refractivity contribution is 0.0697. The monoisotopic (exact) mass is 290 g/mol. The number of carboxylic acids is 1. The van der Waals surface area contributed by atoms with Crippen molar-refractivity contribution in [2.45, 2.75) is 33.2 Å². The third kappa shape index (κ3) is 3.42. The molecule has 1 atom stereocenters. The van der Waals surface area contributed by atoms with Crippen LogP contribution in [0.4, 0.5) is 0 Å². The van der Waals surface area contributed by atoms with E-state index in [1.807, 2.05) is 6.07 Å². The molecule has 0 radical (unpaired) electrons. The molecule has 1 aromatic heterocycles. The summed E-state index contributed by atoms with van der Waals surface area (Å²) in [6, 6.07) is 5.14. The van der Waals surface area contributed by atoms with Crippen LogP contribution in [0, 0.1) is 5.92 Å². The van der Waals surface area contributed by atoms with Crippen molar-refractivity contribution in [2.75, 3.05) is 13.7 Å². The highest BCUT2D eigenvalue weighted by Gasteiger charge is 2.14. The second kappa shape index (κ2) is 6.72. The summed E-state index contributed by atoms with van der Waals surface area (Å²) in [5.41, 5.74) is 2.02. The Labute approximate surface area is 124 Å². The van der Waals surface area contributed by atoms with E-state index in [1.165, 1.54) is 0 Å². The summed E-state index contributed by atoms with van der Waals surface area (Å²) in [6.45, 7) is 5.77. The number of nitrogens with zero attached hydrogens (tertiary/aromatic N) is 2. The van der Waals surface area contributed by atoms with Crippen molar-refractivity contribution in [3.05, 3.63) is 29.6 Å². The summed E-state index contributed by atoms with van der Waals surface area (Å²) >= 11 is 0. The van der Waals surface area contributed by atoms with Gasteiger partial charge >= 0.3 is 5.97 Å². The number of carboxylic acid groups (broad SMARTS) is 1. The van der Waals surface area contributed by atoms with Crippen LogP contribution in [0.2, 0.25) is 0 Å². The van der Waals surface area contributed by atoms with Crippen LogP contribution < -0.4 is 0 Å². The summed E-state index contributed by atoms with van der Waals surface area (Å²) in [5.74, 6) is 0.469. The number of carbonyl (C=O) groups is 1. The minimum absolute atomic E-state index is 0.278. The van der Waals surface area contributed by atoms with Gasteiger partial charge in [-0.3, -0.25) is 0 Å². The predicted molar refractivity (Wildman–Crippen MR) is 81.7 cm³/mol. The van der Waals surface area contributed by atoms with Gasteiger partial charge in [0.05, 0.1) is 23.2 Å². The van der Waals surface area contributed by atoms with Crippen LogP contribution >= 0.6 is 0 Å². The molecular weight excluding hydrogens is 268 g/mol. The van der Waals surface area contributed by atoms with Crippen molar-refractivity contribution in [1.29, 1.82) is 0 Å². The molecule has 0 aliphatic rings. The zero-order valence-electron chi connectivity index (χ0n) is 12.8. The first-order chi connectivity index (χ1) is 10.1. The van der Waals surface area contributed by atoms with Crippen molar-refractivity contribution in [2.24, 2.45) is 5.92 Å². The fourth-order valence-electron chi connectivity index (χ4n) is 2.58. The lowest BCUT2D eigenvalue weighted by atomic mass is 10.1. The fraction of sp³-hybridized carbons (Fsp3) is 0.500. The largest absolute Gasteiger partial charge is 0.478 e. The molecule has 1 N–H and O–H groups in total. The summed E-state index contributed by atoms with van der Waals surface area (Å²) in [5, 5.41) is 9.09. The molecule has 0 amide bonds. The Bertz CT molecular complexity index is 634. The summed E-state index contributed by atoms with van der Waals surface area (Å²) in [6.07, 6.45) is 1.89. The molecule has 2 rings (SSSR count). The number of hydrogen-bond donors (Lipinski definition) is 1. The molecule has 21 heavy (non-hydrogen) atoms. The third-order valence-electron chi connectivity index (χ3n) is 3.49. The second-order valence-corrected chi connectivity index (χ2v) is 5.46. The SMILES string of the molecule is CCCc1nc2cc(C(=O)O)ccc2n1CC(C)COC. The zero-order valence-corrected chi connectivity index (χ0v) is 12.8. The number of aryl methyl sites for hydroxylation is 1. The van der Waals surface area contributed by atoms with Gasteiger partial charge in [0.15, 0.2) is 0 Å². The highest BCUT2D eigenvalue weighted by molar-refractivity contribution is 5.92. The molecule has 2 aromatic rings. The summed E-state index contributed by atoms with van der Waals surface area (Å²) < 4.78 is 7.39. The van der Waals surface area contributed by atoms with E-state index in [1.54, 1.807) is 19.2 Å². The van der Waals surface area contributed by atoms with E-state index in [2.05, 4.69) is 23.4 Å². The van der Waals surface area contributed by atoms with E-state index in [-0.39, 0.29) is 5.56 Å². The Hall–Kier alpha value is -1.88. The Morgan fingerprint density at radius 1 is 1.48 bits per heavy atom. The van der Waals surface area contributed by atoms with Crippen LogP contribution in [0.1, 0.15) is 36.5 Å². The molecule has 0 saturated carbocycles. The van der Waals surface area contributed by atoms with Crippen LogP contribution in [0.3, 0.4) is 0 Å². The first-order valence-electron chi connectivity index (χ1n) is 7.28. The first-order valence-corrected chi connectivity index (χ1v) is 7.28. The Balaban J connectivity index is 2.44. The van der Waals surface area contributed by atoms with E-state index < -0.39 is 5.97 Å². The molecule has 5 heteroatoms. The number of aromatic nitrogens is 2. The quantitative estimate of drug-likeness (QED) is 0.851. The number of rotatable bonds is 7. The van der Waals surface area contributed by atoms with Crippen LogP contribution in [0.5, 0.6) is 0 Å². The van der Waals surface area contributed by atoms with Crippen molar-refractivity contribution >= 4 is 17.0 Å². The van der Waals surface area contributed by atoms with Gasteiger partial charge in [-0.05, 0) is 30.5 Å². The smallest absolute Gasteiger partial charge is 0.335 e. The number of aromatic carboxylic acids is 1. The van der Waals surface area contributed by atoms with Crippen molar-refractivity contribution in [1.82, 2.24) is 9.55 Å². The summed E-state index contributed by atoms with van der Waals surface area (Å²) in [7, 11) is 1.70. The molecule has 5 nitrogen and oxygen atoms in total. The van der Waals surface area contributed by atoms with Gasteiger partial charge in [0, 0.05) is 20.1 Å². The van der Waals surface area contributed by atoms with Gasteiger partial charge < -0.3 is 14.4 Å². The topological polar surface area (TPSA) is 64.3 Å². The fourth-order valence-corrected chi connectivity index (χ4v) is 2.58. The Morgan fingerprint density at radius 2 is 2.24 bits per heavy atom. The Kier molecular flexibility index (Phi) is 4.96. The molecule has 0 fully saturated rings. The van der Waals surface area contributed by atoms with Crippen molar-refractivity contribution in [3.8, 4) is 0 Å². The molecule has 0 spiro atoms. The maximum absolute atomic E-state index is 11.1. The third-order valence-corrected chi connectivity index (χ3v) is 3.49. The van der Waals surface area contributed by atoms with Gasteiger partial charge in [0.2, 0.25) is 0 Å². The lowest BCUT2D eigenvalue weighted by Gasteiger charge is -2.14. The highest BCUT2D eigenvalue weighted by atomic mass is 16.5. The molecule has 0 bridgehead atoms. The van der Waals surface area contributed by atoms with Crippen molar-refractivity contribution in [3.63, 3.8) is 0 Å². The molecule has 1 aromatic carbocycles. The van der Waals surface area contributed by atoms with Crippen molar-refractivity contribution < 1.29 is 14.6 Å². The molecular formula is C16H22N2O3. The molecule has 0 aliphatic carbocycles. The molecule has 1 heterocycles. The average molecular weight is 290 g/mol. The highest BCUT2D eigenvalue weighted by Crippen LogP contribution is 2.21. The second-order valence-electron chi connectivity index (χ2n) is 5.46. The lowest BCUT2D eigenvalue weighted by Crippen LogP contribution is -2.14. The van der Waals surface area contributed by atoms with Gasteiger partial charge in [0.1, 0.15) is 5.82 Å². The number of hydrogen-bond acceptors (Lipinski definition) is 3. The zero-order chi connectivity index (χ0) is 15.4. The molecule has 0 saturated heterocycles. The average Bonchev–Trinajstić information content (AvgIpc) is 2.76. The van der Waals surface area contributed by atoms with Gasteiger partial charge in [-0.1, -0.05) is 13.8 Å². The number of fused-ring (bicyclic) bond motifs is 1. The normalized spacial score (nSPS) is 12.7. The van der Waals surface area contributed by atoms with E-state index in [0.717, 1.165) is 36.2 Å². The van der Waals surface area contributed by atoms with Gasteiger partial charge in [-0.25, -0.2) is 9.78 Å².